The van der Waals surface area contributed by atoms with Gasteiger partial charge in [0.25, 0.3) is 7.82 Å². The minimum atomic E-state index is -5.55. The van der Waals surface area contributed by atoms with E-state index in [1.807, 2.05) is 0 Å². The Morgan fingerprint density at radius 3 is 2.43 bits per heavy atom. The van der Waals surface area contributed by atoms with Crippen molar-refractivity contribution in [3.8, 4) is 0 Å². The van der Waals surface area contributed by atoms with E-state index in [0.717, 1.165) is 0 Å². The van der Waals surface area contributed by atoms with Crippen LogP contribution in [0.3, 0.4) is 0 Å². The fraction of sp³-hybridized carbons (Fsp3) is 0.952. The summed E-state index contributed by atoms with van der Waals surface area (Å²) in [6, 6.07) is -0.241. The molecule has 0 radical (unpaired) electrons. The number of primary amides is 1. The van der Waals surface area contributed by atoms with Crippen LogP contribution in [0.1, 0.15) is 12.8 Å². The number of nitrogens with two attached hydrogens (primary N) is 2. The number of piperidine rings is 1. The second-order valence-electron chi connectivity index (χ2n) is 11.5. The Kier molecular flexibility index (Phi) is 10.8. The first-order valence-corrected chi connectivity index (χ1v) is 17.2. The summed E-state index contributed by atoms with van der Waals surface area (Å²) in [6.45, 7) is -0.334. The number of carbonyl (C=O) groups excluding carboxylic acids is 1. The van der Waals surface area contributed by atoms with Gasteiger partial charge < -0.3 is 60.6 Å². The summed E-state index contributed by atoms with van der Waals surface area (Å²) in [6.07, 6.45) is -10.3. The van der Waals surface area contributed by atoms with Crippen molar-refractivity contribution in [3.63, 3.8) is 0 Å². The zero-order chi connectivity index (χ0) is 32.0. The van der Waals surface area contributed by atoms with Crippen molar-refractivity contribution in [1.82, 2.24) is 20.9 Å². The molecule has 254 valence electrons. The average Bonchev–Trinajstić information content (AvgIpc) is 3.61. The lowest BCUT2D eigenvalue weighted by atomic mass is 9.96. The van der Waals surface area contributed by atoms with E-state index >= 15 is 0 Å². The molecule has 0 aromatic heterocycles. The van der Waals surface area contributed by atoms with Crippen molar-refractivity contribution >= 4 is 21.6 Å². The van der Waals surface area contributed by atoms with Gasteiger partial charge in [-0.15, -0.1) is 0 Å². The maximum absolute atomic E-state index is 12.4. The molecule has 0 aromatic rings. The van der Waals surface area contributed by atoms with Crippen molar-refractivity contribution in [3.05, 3.63) is 0 Å². The molecule has 5 aliphatic rings. The third-order valence-corrected chi connectivity index (χ3v) is 11.2. The topological polar surface area (TPSA) is 317 Å². The van der Waals surface area contributed by atoms with Gasteiger partial charge in [-0.05, 0) is 12.8 Å². The van der Waals surface area contributed by atoms with E-state index in [1.54, 1.807) is 4.90 Å². The fourth-order valence-corrected chi connectivity index (χ4v) is 8.37. The summed E-state index contributed by atoms with van der Waals surface area (Å²) >= 11 is 0. The molecule has 0 aromatic carbocycles. The molecular weight excluding hydrogens is 636 g/mol. The van der Waals surface area contributed by atoms with Gasteiger partial charge in [0.15, 0.2) is 6.10 Å². The van der Waals surface area contributed by atoms with E-state index in [9.17, 15) is 44.1 Å². The van der Waals surface area contributed by atoms with Crippen LogP contribution < -0.4 is 37.2 Å². The third-order valence-electron chi connectivity index (χ3n) is 8.64. The van der Waals surface area contributed by atoms with Gasteiger partial charge in [0.05, 0.1) is 57.3 Å². The molecule has 5 rings (SSSR count). The summed E-state index contributed by atoms with van der Waals surface area (Å²) in [5, 5.41) is 51.3. The lowest BCUT2D eigenvalue weighted by Crippen LogP contribution is -3.18. The van der Waals surface area contributed by atoms with E-state index in [4.69, 9.17) is 25.5 Å². The number of aliphatic hydroxyl groups is 4. The highest BCUT2D eigenvalue weighted by atomic mass is 31.3. The Bertz CT molecular complexity index is 1130. The van der Waals surface area contributed by atoms with Crippen LogP contribution in [0.25, 0.3) is 0 Å². The number of quaternary nitrogens is 1. The largest absolute Gasteiger partial charge is 0.756 e. The number of likely N-dealkylation sites (tertiary alicyclic amines) is 1. The first kappa shape index (κ1) is 34.6. The van der Waals surface area contributed by atoms with Crippen LogP contribution in [-0.4, -0.2) is 143 Å². The molecular formula is C21H41N7O14P2. The van der Waals surface area contributed by atoms with Gasteiger partial charge in [0, 0.05) is 6.67 Å². The van der Waals surface area contributed by atoms with E-state index in [-0.39, 0.29) is 25.4 Å². The molecule has 0 saturated carbocycles. The molecule has 1 amide bonds. The normalized spacial score (nSPS) is 45.9. The smallest absolute Gasteiger partial charge is 0.478 e. The predicted molar refractivity (Wildman–Crippen MR) is 141 cm³/mol. The molecule has 21 nitrogen and oxygen atoms in total. The van der Waals surface area contributed by atoms with Gasteiger partial charge in [-0.3, -0.25) is 29.8 Å². The number of ether oxygens (including phenoxy) is 2. The zero-order valence-electron chi connectivity index (χ0n) is 23.5. The van der Waals surface area contributed by atoms with Crippen molar-refractivity contribution in [2.24, 2.45) is 17.4 Å². The Morgan fingerprint density at radius 2 is 1.70 bits per heavy atom. The maximum atomic E-state index is 12.4. The Morgan fingerprint density at radius 1 is 1.02 bits per heavy atom. The van der Waals surface area contributed by atoms with Crippen LogP contribution in [0.2, 0.25) is 0 Å². The molecule has 5 saturated heterocycles. The highest BCUT2D eigenvalue weighted by Crippen LogP contribution is 2.58. The summed E-state index contributed by atoms with van der Waals surface area (Å²) in [5.41, 5.74) is 11.4. The summed E-state index contributed by atoms with van der Waals surface area (Å²) in [5.74, 6) is -0.947. The molecule has 15 atom stereocenters. The maximum Gasteiger partial charge on any atom is 0.478 e. The molecule has 5 aliphatic heterocycles. The summed E-state index contributed by atoms with van der Waals surface area (Å²) in [7, 11) is -10.9. The van der Waals surface area contributed by atoms with Gasteiger partial charge in [-0.25, -0.2) is 13.8 Å². The number of phosphoric ester groups is 2. The van der Waals surface area contributed by atoms with Gasteiger partial charge in [0.2, 0.25) is 12.1 Å². The minimum absolute atomic E-state index is 0.239. The van der Waals surface area contributed by atoms with Crippen molar-refractivity contribution < 1.29 is 71.9 Å². The number of hydrogen-bond acceptors (Lipinski definition) is 18. The number of hydrogen-bond donors (Lipinski definition) is 11. The highest BCUT2D eigenvalue weighted by molar-refractivity contribution is 7.60. The fourth-order valence-electron chi connectivity index (χ4n) is 6.32. The van der Waals surface area contributed by atoms with Gasteiger partial charge in [-0.2, -0.15) is 0 Å². The molecule has 23 heteroatoms. The van der Waals surface area contributed by atoms with E-state index in [1.165, 1.54) is 0 Å². The summed E-state index contributed by atoms with van der Waals surface area (Å²) in [4.78, 5) is 36.3. The zero-order valence-corrected chi connectivity index (χ0v) is 25.3. The number of fused-ring (bicyclic) bond motifs is 1. The number of nitrogens with one attached hydrogen (secondary N) is 4. The Balaban J connectivity index is 1.10. The van der Waals surface area contributed by atoms with Crippen LogP contribution in [0.5, 0.6) is 0 Å². The van der Waals surface area contributed by atoms with Crippen molar-refractivity contribution in [2.75, 3.05) is 39.6 Å². The molecule has 0 spiro atoms. The Hall–Kier alpha value is -0.750. The van der Waals surface area contributed by atoms with E-state index < -0.39 is 95.9 Å². The van der Waals surface area contributed by atoms with E-state index in [2.05, 4.69) is 24.8 Å². The second-order valence-corrected chi connectivity index (χ2v) is 14.5. The SMILES string of the molecule is NC(=O)C1CCC[NH+](C2OC(COP(=O)([O-])OP(=O)(O)OCC3OC(N4CNC5C(N)NCNC54)C(O)C3O)C(O)C2O)C1. The second kappa shape index (κ2) is 13.8. The molecule has 13 N–H and O–H groups in total. The van der Waals surface area contributed by atoms with E-state index in [0.29, 0.717) is 31.0 Å². The van der Waals surface area contributed by atoms with Crippen molar-refractivity contribution in [2.45, 2.75) is 80.3 Å². The minimum Gasteiger partial charge on any atom is -0.756 e. The first-order valence-electron chi connectivity index (χ1n) is 14.2. The van der Waals surface area contributed by atoms with Crippen LogP contribution in [0, 0.1) is 5.92 Å². The van der Waals surface area contributed by atoms with Crippen LogP contribution in [0.15, 0.2) is 0 Å². The van der Waals surface area contributed by atoms with Gasteiger partial charge in [0.1, 0.15) is 36.7 Å². The summed E-state index contributed by atoms with van der Waals surface area (Å²) < 4.78 is 49.7. The molecule has 0 bridgehead atoms. The molecule has 44 heavy (non-hydrogen) atoms. The number of nitrogens with zero attached hydrogens (tertiary/aromatic N) is 1. The van der Waals surface area contributed by atoms with Crippen LogP contribution in [-0.2, 0) is 36.8 Å². The van der Waals surface area contributed by atoms with Crippen molar-refractivity contribution in [1.29, 1.82) is 0 Å². The number of amides is 1. The molecule has 5 fully saturated rings. The Labute approximate surface area is 251 Å². The number of carbonyl (C=O) groups is 1. The van der Waals surface area contributed by atoms with Gasteiger partial charge in [-0.1, -0.05) is 0 Å². The lowest BCUT2D eigenvalue weighted by Gasteiger charge is -2.38. The standard InChI is InChI=1S/C21H41N7O14P2/c22-17-12-19(25-7-24-17)28(8-26-12)21-16(32)14(30)11(41-21)6-39-44(36,37)42-43(34,35)38-5-10-13(29)15(31)20(40-10)27-3-1-2-9(4-27)18(23)33/h9-17,19-21,24-26,29-32H,1-8,22H2,(H2,23,33)(H,34,35)(H,36,37). The number of rotatable bonds is 11. The third kappa shape index (κ3) is 7.52. The first-order chi connectivity index (χ1) is 20.7. The van der Waals surface area contributed by atoms with Gasteiger partial charge >= 0.3 is 7.82 Å². The lowest BCUT2D eigenvalue weighted by molar-refractivity contribution is -0.956. The highest BCUT2D eigenvalue weighted by Gasteiger charge is 2.53. The number of aliphatic hydroxyl groups excluding tert-OH is 4. The molecule has 5 heterocycles. The number of phosphoric acid groups is 2. The average molecular weight is 678 g/mol. The monoisotopic (exact) mass is 677 g/mol. The quantitative estimate of drug-likeness (QED) is 0.0905. The molecule has 0 aliphatic carbocycles. The predicted octanol–water partition coefficient (Wildman–Crippen LogP) is -7.73. The molecule has 15 unspecified atom stereocenters. The van der Waals surface area contributed by atoms with Crippen LogP contribution in [0.4, 0.5) is 0 Å². The van der Waals surface area contributed by atoms with Crippen LogP contribution >= 0.6 is 15.6 Å².